The number of hydrogen-bond acceptors (Lipinski definition) is 3. The molecule has 0 radical (unpaired) electrons. The molecular weight excluding hydrogens is 274 g/mol. The fourth-order valence-electron chi connectivity index (χ4n) is 2.78. The fourth-order valence-corrected chi connectivity index (χ4v) is 3.81. The van der Waals surface area contributed by atoms with Crippen LogP contribution in [0.25, 0.3) is 0 Å². The molecule has 2 N–H and O–H groups in total. The van der Waals surface area contributed by atoms with E-state index in [0.717, 1.165) is 31.7 Å². The van der Waals surface area contributed by atoms with Crippen molar-refractivity contribution in [2.75, 3.05) is 33.7 Å². The zero-order valence-corrected chi connectivity index (χ0v) is 14.0. The lowest BCUT2D eigenvalue weighted by Crippen LogP contribution is -2.41. The van der Waals surface area contributed by atoms with Crippen LogP contribution in [-0.2, 0) is 10.2 Å². The van der Waals surface area contributed by atoms with Gasteiger partial charge in [-0.05, 0) is 44.7 Å². The third-order valence-corrected chi connectivity index (χ3v) is 5.94. The summed E-state index contributed by atoms with van der Waals surface area (Å²) in [6.45, 7) is 4.22. The van der Waals surface area contributed by atoms with Gasteiger partial charge in [-0.15, -0.1) is 0 Å². The molecule has 0 aromatic carbocycles. The first kappa shape index (κ1) is 17.9. The molecular formula is C14H31N3O2S. The average molecular weight is 305 g/mol. The minimum Gasteiger partial charge on any atom is -0.320 e. The lowest BCUT2D eigenvalue weighted by molar-refractivity contribution is 0.269. The molecule has 1 saturated carbocycles. The van der Waals surface area contributed by atoms with E-state index in [1.165, 1.54) is 23.6 Å². The van der Waals surface area contributed by atoms with E-state index in [9.17, 15) is 8.42 Å². The van der Waals surface area contributed by atoms with Crippen LogP contribution in [0.3, 0.4) is 0 Å². The standard InChI is InChI=1S/C14H31N3O2S/c1-4-13-6-8-14(9-7-13)12-16-20(18,19)17(3)11-5-10-15-2/h13-16H,4-12H2,1-3H3. The van der Waals surface area contributed by atoms with Crippen LogP contribution in [0.15, 0.2) is 0 Å². The normalized spacial score (nSPS) is 24.2. The summed E-state index contributed by atoms with van der Waals surface area (Å²) in [5, 5.41) is 3.03. The molecule has 1 fully saturated rings. The quantitative estimate of drug-likeness (QED) is 0.636. The Balaban J connectivity index is 2.28. The van der Waals surface area contributed by atoms with Gasteiger partial charge in [0.05, 0.1) is 0 Å². The van der Waals surface area contributed by atoms with Gasteiger partial charge in [-0.25, -0.2) is 4.72 Å². The van der Waals surface area contributed by atoms with Crippen molar-refractivity contribution in [3.8, 4) is 0 Å². The number of hydrogen-bond donors (Lipinski definition) is 2. The summed E-state index contributed by atoms with van der Waals surface area (Å²) < 4.78 is 28.3. The van der Waals surface area contributed by atoms with Crippen LogP contribution in [-0.4, -0.2) is 46.5 Å². The Kier molecular flexibility index (Phi) is 8.02. The van der Waals surface area contributed by atoms with Gasteiger partial charge in [0.1, 0.15) is 0 Å². The third kappa shape index (κ3) is 6.08. The molecule has 0 aromatic rings. The van der Waals surface area contributed by atoms with Gasteiger partial charge in [0.25, 0.3) is 10.2 Å². The highest BCUT2D eigenvalue weighted by atomic mass is 32.2. The minimum absolute atomic E-state index is 0.512. The molecule has 0 bridgehead atoms. The second kappa shape index (κ2) is 8.97. The highest BCUT2D eigenvalue weighted by molar-refractivity contribution is 7.87. The smallest absolute Gasteiger partial charge is 0.279 e. The van der Waals surface area contributed by atoms with Crippen LogP contribution in [0.2, 0.25) is 0 Å². The van der Waals surface area contributed by atoms with Crippen molar-refractivity contribution in [1.82, 2.24) is 14.3 Å². The molecule has 0 heterocycles. The maximum absolute atomic E-state index is 12.1. The topological polar surface area (TPSA) is 61.4 Å². The molecule has 0 atom stereocenters. The van der Waals surface area contributed by atoms with Crippen LogP contribution in [0.4, 0.5) is 0 Å². The Morgan fingerprint density at radius 2 is 1.75 bits per heavy atom. The molecule has 6 heteroatoms. The molecule has 120 valence electrons. The summed E-state index contributed by atoms with van der Waals surface area (Å²) in [7, 11) is 0.216. The summed E-state index contributed by atoms with van der Waals surface area (Å²) in [5.74, 6) is 1.37. The van der Waals surface area contributed by atoms with Crippen molar-refractivity contribution in [1.29, 1.82) is 0 Å². The van der Waals surface area contributed by atoms with Crippen molar-refractivity contribution in [2.45, 2.75) is 45.4 Å². The molecule has 0 amide bonds. The molecule has 1 aliphatic carbocycles. The Morgan fingerprint density at radius 1 is 1.15 bits per heavy atom. The zero-order chi connectivity index (χ0) is 15.0. The van der Waals surface area contributed by atoms with Crippen LogP contribution >= 0.6 is 0 Å². The first-order chi connectivity index (χ1) is 9.49. The van der Waals surface area contributed by atoms with E-state index in [2.05, 4.69) is 17.0 Å². The molecule has 0 aliphatic heterocycles. The van der Waals surface area contributed by atoms with Crippen molar-refractivity contribution in [2.24, 2.45) is 11.8 Å². The second-order valence-electron chi connectivity index (χ2n) is 5.93. The first-order valence-corrected chi connectivity index (χ1v) is 9.29. The Bertz CT molecular complexity index is 351. The Morgan fingerprint density at radius 3 is 2.30 bits per heavy atom. The van der Waals surface area contributed by atoms with Crippen molar-refractivity contribution in [3.05, 3.63) is 0 Å². The van der Waals surface area contributed by atoms with Crippen molar-refractivity contribution < 1.29 is 8.42 Å². The van der Waals surface area contributed by atoms with Crippen LogP contribution in [0.1, 0.15) is 45.4 Å². The van der Waals surface area contributed by atoms with Crippen LogP contribution in [0.5, 0.6) is 0 Å². The summed E-state index contributed by atoms with van der Waals surface area (Å²) in [6, 6.07) is 0. The van der Waals surface area contributed by atoms with E-state index < -0.39 is 10.2 Å². The van der Waals surface area contributed by atoms with E-state index in [-0.39, 0.29) is 0 Å². The zero-order valence-electron chi connectivity index (χ0n) is 13.2. The number of rotatable bonds is 9. The first-order valence-electron chi connectivity index (χ1n) is 7.85. The van der Waals surface area contributed by atoms with Gasteiger partial charge in [0, 0.05) is 20.1 Å². The minimum atomic E-state index is -3.30. The van der Waals surface area contributed by atoms with Crippen molar-refractivity contribution >= 4 is 10.2 Å². The fraction of sp³-hybridized carbons (Fsp3) is 1.00. The molecule has 1 aliphatic rings. The Labute approximate surface area is 124 Å². The summed E-state index contributed by atoms with van der Waals surface area (Å²) in [6.07, 6.45) is 6.90. The largest absolute Gasteiger partial charge is 0.320 e. The summed E-state index contributed by atoms with van der Waals surface area (Å²) in [5.41, 5.74) is 0. The van der Waals surface area contributed by atoms with Gasteiger partial charge in [-0.3, -0.25) is 0 Å². The third-order valence-electron chi connectivity index (χ3n) is 4.41. The van der Waals surface area contributed by atoms with E-state index in [0.29, 0.717) is 19.0 Å². The van der Waals surface area contributed by atoms with Gasteiger partial charge in [0.15, 0.2) is 0 Å². The lowest BCUT2D eigenvalue weighted by Gasteiger charge is -2.28. The maximum atomic E-state index is 12.1. The van der Waals surface area contributed by atoms with Crippen LogP contribution in [0, 0.1) is 11.8 Å². The molecule has 0 spiro atoms. The van der Waals surface area contributed by atoms with Gasteiger partial charge in [0.2, 0.25) is 0 Å². The predicted octanol–water partition coefficient (Wildman–Crippen LogP) is 1.58. The highest BCUT2D eigenvalue weighted by Crippen LogP contribution is 2.30. The van der Waals surface area contributed by atoms with Gasteiger partial charge in [-0.2, -0.15) is 12.7 Å². The number of nitrogens with one attached hydrogen (secondary N) is 2. The molecule has 0 saturated heterocycles. The molecule has 5 nitrogen and oxygen atoms in total. The van der Waals surface area contributed by atoms with E-state index in [4.69, 9.17) is 0 Å². The predicted molar refractivity (Wildman–Crippen MR) is 83.8 cm³/mol. The molecule has 1 rings (SSSR count). The van der Waals surface area contributed by atoms with Gasteiger partial charge < -0.3 is 5.32 Å². The average Bonchev–Trinajstić information content (AvgIpc) is 2.46. The van der Waals surface area contributed by atoms with Crippen LogP contribution < -0.4 is 10.0 Å². The molecule has 0 aromatic heterocycles. The SMILES string of the molecule is CCC1CCC(CNS(=O)(=O)N(C)CCCNC)CC1. The number of nitrogens with zero attached hydrogens (tertiary/aromatic N) is 1. The Hall–Kier alpha value is -0.170. The van der Waals surface area contributed by atoms with Gasteiger partial charge >= 0.3 is 0 Å². The lowest BCUT2D eigenvalue weighted by atomic mass is 9.81. The monoisotopic (exact) mass is 305 g/mol. The van der Waals surface area contributed by atoms with E-state index in [1.54, 1.807) is 7.05 Å². The summed E-state index contributed by atoms with van der Waals surface area (Å²) >= 11 is 0. The van der Waals surface area contributed by atoms with E-state index in [1.807, 2.05) is 7.05 Å². The van der Waals surface area contributed by atoms with Gasteiger partial charge in [-0.1, -0.05) is 26.2 Å². The van der Waals surface area contributed by atoms with Crippen molar-refractivity contribution in [3.63, 3.8) is 0 Å². The molecule has 20 heavy (non-hydrogen) atoms. The maximum Gasteiger partial charge on any atom is 0.279 e. The summed E-state index contributed by atoms with van der Waals surface area (Å²) in [4.78, 5) is 0. The van der Waals surface area contributed by atoms with E-state index >= 15 is 0 Å². The molecule has 0 unspecified atom stereocenters. The second-order valence-corrected chi connectivity index (χ2v) is 7.79. The highest BCUT2D eigenvalue weighted by Gasteiger charge is 2.23.